The summed E-state index contributed by atoms with van der Waals surface area (Å²) in [6.45, 7) is 0. The largest absolute Gasteiger partial charge is 0.451 e. The van der Waals surface area contributed by atoms with Crippen LogP contribution in [-0.4, -0.2) is 20.1 Å². The molecule has 2 radical (unpaired) electrons. The summed E-state index contributed by atoms with van der Waals surface area (Å²) in [5.41, 5.74) is 2.55. The Morgan fingerprint density at radius 2 is 1.63 bits per heavy atom. The lowest BCUT2D eigenvalue weighted by molar-refractivity contribution is 1.40. The number of hydrogen-bond donors (Lipinski definition) is 0. The number of hydrogen-bond acceptors (Lipinski definition) is 0. The molecule has 0 unspecified atom stereocenters. The Balaban J connectivity index is 2.36. The van der Waals surface area contributed by atoms with Crippen molar-refractivity contribution in [2.24, 2.45) is 0 Å². The molecule has 0 N–H and O–H groups in total. The van der Waals surface area contributed by atoms with E-state index in [1.54, 1.807) is 0 Å². The molecule has 1 heterocycles. The van der Waals surface area contributed by atoms with Crippen molar-refractivity contribution in [2.45, 2.75) is 0 Å². The molecule has 0 bridgehead atoms. The molecule has 0 spiro atoms. The van der Waals surface area contributed by atoms with Gasteiger partial charge in [-0.15, -0.1) is 0 Å². The van der Waals surface area contributed by atoms with E-state index in [0.29, 0.717) is 0 Å². The van der Waals surface area contributed by atoms with Gasteiger partial charge in [0.15, 0.2) is 0 Å². The summed E-state index contributed by atoms with van der Waals surface area (Å²) in [5, 5.41) is 5.24. The highest BCUT2D eigenvalue weighted by molar-refractivity contribution is 14.1. The minimum absolute atomic E-state index is 1.26. The predicted molar refractivity (Wildman–Crippen MR) is 90.8 cm³/mol. The van der Waals surface area contributed by atoms with E-state index in [0.717, 1.165) is 0 Å². The summed E-state index contributed by atoms with van der Waals surface area (Å²) in [7, 11) is 0. The Kier molecular flexibility index (Phi) is 2.63. The second-order valence-corrected chi connectivity index (χ2v) is 6.48. The molecule has 0 atom stereocenters. The van der Waals surface area contributed by atoms with E-state index < -0.39 is 0 Å². The van der Waals surface area contributed by atoms with E-state index in [1.165, 1.54) is 36.1 Å². The zero-order chi connectivity index (χ0) is 13.0. The van der Waals surface area contributed by atoms with Gasteiger partial charge in [0, 0.05) is 30.8 Å². The van der Waals surface area contributed by atoms with Gasteiger partial charge in [-0.3, -0.25) is 0 Å². The van der Waals surface area contributed by atoms with Crippen LogP contribution < -0.4 is 0 Å². The van der Waals surface area contributed by atoms with E-state index >= 15 is 0 Å². The molecular weight excluding hydrogens is 360 g/mol. The summed E-state index contributed by atoms with van der Waals surface area (Å²) < 4.78 is 3.50. The number of nitrogens with zero attached hydrogens (tertiary/aromatic N) is 1. The normalized spacial score (nSPS) is 11.6. The fourth-order valence-corrected chi connectivity index (χ4v) is 3.78. The number of rotatable bonds is 0. The Labute approximate surface area is 133 Å². The minimum atomic E-state index is 1.26. The van der Waals surface area contributed by atoms with Crippen molar-refractivity contribution in [3.05, 3.63) is 58.2 Å². The van der Waals surface area contributed by atoms with Crippen molar-refractivity contribution in [3.8, 4) is 0 Å². The Morgan fingerprint density at radius 3 is 2.53 bits per heavy atom. The van der Waals surface area contributed by atoms with Gasteiger partial charge < -0.3 is 3.55 Å². The number of aromatic nitrogens is 1. The quantitative estimate of drug-likeness (QED) is 0.318. The SMILES string of the molecule is [Al][n]1c2ccccc2c2ccc3ccc(I)cc3c21. The van der Waals surface area contributed by atoms with Crippen molar-refractivity contribution in [3.63, 3.8) is 0 Å². The minimum Gasteiger partial charge on any atom is -0.451 e. The molecule has 0 aliphatic carbocycles. The number of benzene rings is 3. The topological polar surface area (TPSA) is 4.93 Å². The molecule has 0 saturated carbocycles. The molecule has 88 valence electrons. The van der Waals surface area contributed by atoms with Crippen LogP contribution in [0.2, 0.25) is 0 Å². The number of fused-ring (bicyclic) bond motifs is 5. The van der Waals surface area contributed by atoms with Crippen molar-refractivity contribution in [1.29, 1.82) is 0 Å². The predicted octanol–water partition coefficient (Wildman–Crippen LogP) is 4.48. The van der Waals surface area contributed by atoms with Gasteiger partial charge in [0.05, 0.1) is 0 Å². The average Bonchev–Trinajstić information content (AvgIpc) is 2.73. The van der Waals surface area contributed by atoms with Crippen molar-refractivity contribution in [1.82, 2.24) is 3.55 Å². The lowest BCUT2D eigenvalue weighted by Crippen LogP contribution is -1.91. The smallest absolute Gasteiger partial charge is 0.318 e. The van der Waals surface area contributed by atoms with Crippen LogP contribution in [0, 0.1) is 3.57 Å². The standard InChI is InChI=1S/C16H9IN.Al/c17-11-7-5-10-6-8-13-12-3-1-2-4-15(12)18-16(13)14(10)9-11;/h1-9H;/q-1;+1. The van der Waals surface area contributed by atoms with Crippen molar-refractivity contribution in [2.75, 3.05) is 0 Å². The summed E-state index contributed by atoms with van der Waals surface area (Å²) in [6.07, 6.45) is 0. The van der Waals surface area contributed by atoms with Crippen LogP contribution >= 0.6 is 22.6 Å². The van der Waals surface area contributed by atoms with Crippen molar-refractivity contribution < 1.29 is 0 Å². The second kappa shape index (κ2) is 4.24. The lowest BCUT2D eigenvalue weighted by Gasteiger charge is -2.05. The van der Waals surface area contributed by atoms with Crippen LogP contribution in [0.3, 0.4) is 0 Å². The number of para-hydroxylation sites is 1. The van der Waals surface area contributed by atoms with Crippen LogP contribution in [0.15, 0.2) is 54.6 Å². The van der Waals surface area contributed by atoms with E-state index in [2.05, 4.69) is 97.2 Å². The molecule has 4 aromatic rings. The molecule has 0 aliphatic heterocycles. The fraction of sp³-hybridized carbons (Fsp3) is 0. The maximum atomic E-state index is 2.85. The molecule has 1 aromatic heterocycles. The van der Waals surface area contributed by atoms with E-state index in [9.17, 15) is 0 Å². The summed E-state index contributed by atoms with van der Waals surface area (Å²) in [5.74, 6) is 0. The first kappa shape index (κ1) is 11.8. The highest BCUT2D eigenvalue weighted by Crippen LogP contribution is 2.33. The maximum Gasteiger partial charge on any atom is 0.318 e. The van der Waals surface area contributed by atoms with Gasteiger partial charge in [-0.25, -0.2) is 0 Å². The number of halogens is 1. The molecule has 0 aliphatic rings. The molecule has 4 rings (SSSR count). The molecule has 1 nitrogen and oxygen atoms in total. The highest BCUT2D eigenvalue weighted by atomic mass is 127. The summed E-state index contributed by atoms with van der Waals surface area (Å²) in [4.78, 5) is 0. The van der Waals surface area contributed by atoms with Crippen LogP contribution in [0.1, 0.15) is 0 Å². The third-order valence-electron chi connectivity index (χ3n) is 3.65. The second-order valence-electron chi connectivity index (χ2n) is 4.71. The molecule has 0 amide bonds. The van der Waals surface area contributed by atoms with Crippen LogP contribution in [0.4, 0.5) is 0 Å². The fourth-order valence-electron chi connectivity index (χ4n) is 2.78. The van der Waals surface area contributed by atoms with Gasteiger partial charge >= 0.3 is 16.5 Å². The van der Waals surface area contributed by atoms with Gasteiger partial charge in [0.1, 0.15) is 0 Å². The third kappa shape index (κ3) is 1.66. The Bertz CT molecular complexity index is 940. The lowest BCUT2D eigenvalue weighted by atomic mass is 10.1. The van der Waals surface area contributed by atoms with Crippen LogP contribution in [-0.2, 0) is 0 Å². The summed E-state index contributed by atoms with van der Waals surface area (Å²) in [6, 6.07) is 19.6. The van der Waals surface area contributed by atoms with Crippen molar-refractivity contribution >= 4 is 71.7 Å². The van der Waals surface area contributed by atoms with Crippen LogP contribution in [0.25, 0.3) is 32.6 Å². The zero-order valence-electron chi connectivity index (χ0n) is 10.1. The first-order valence-corrected chi connectivity index (χ1v) is 7.72. The molecule has 0 fully saturated rings. The van der Waals surface area contributed by atoms with E-state index in [4.69, 9.17) is 0 Å². The highest BCUT2D eigenvalue weighted by Gasteiger charge is 2.09. The summed E-state index contributed by atoms with van der Waals surface area (Å²) >= 11 is 5.22. The first-order valence-electron chi connectivity index (χ1n) is 6.12. The van der Waals surface area contributed by atoms with Gasteiger partial charge in [-0.05, 0) is 46.2 Å². The monoisotopic (exact) mass is 369 g/mol. The van der Waals surface area contributed by atoms with Gasteiger partial charge in [0.2, 0.25) is 0 Å². The molecule has 19 heavy (non-hydrogen) atoms. The average molecular weight is 369 g/mol. The van der Waals surface area contributed by atoms with Gasteiger partial charge in [-0.1, -0.05) is 36.4 Å². The van der Waals surface area contributed by atoms with Gasteiger partial charge in [-0.2, -0.15) is 0 Å². The molecular formula is C16H9AlIN. The third-order valence-corrected chi connectivity index (χ3v) is 4.86. The molecule has 3 aromatic carbocycles. The van der Waals surface area contributed by atoms with E-state index in [1.807, 2.05) is 0 Å². The first-order chi connectivity index (χ1) is 9.25. The Morgan fingerprint density at radius 1 is 0.842 bits per heavy atom. The zero-order valence-corrected chi connectivity index (χ0v) is 13.4. The van der Waals surface area contributed by atoms with E-state index in [-0.39, 0.29) is 0 Å². The van der Waals surface area contributed by atoms with Crippen LogP contribution in [0.5, 0.6) is 0 Å². The molecule has 0 saturated heterocycles. The molecule has 3 heteroatoms. The Hall–Kier alpha value is -1.02. The maximum absolute atomic E-state index is 2.85. The van der Waals surface area contributed by atoms with Gasteiger partial charge in [0.25, 0.3) is 0 Å².